The van der Waals surface area contributed by atoms with E-state index in [1.165, 1.54) is 6.42 Å². The zero-order chi connectivity index (χ0) is 15.9. The molecule has 1 amide bonds. The van der Waals surface area contributed by atoms with Crippen LogP contribution in [0.3, 0.4) is 0 Å². The summed E-state index contributed by atoms with van der Waals surface area (Å²) in [4.78, 5) is 16.8. The Hall–Kier alpha value is -1.55. The molecule has 22 heavy (non-hydrogen) atoms. The number of carbonyl (C=O) groups is 1. The normalized spacial score (nSPS) is 16.1. The maximum absolute atomic E-state index is 12.4. The second-order valence-corrected chi connectivity index (χ2v) is 6.43. The summed E-state index contributed by atoms with van der Waals surface area (Å²) >= 11 is 0. The highest BCUT2D eigenvalue weighted by atomic mass is 16.5. The molecule has 4 heteroatoms. The molecule has 1 heterocycles. The minimum absolute atomic E-state index is 0.230. The molecule has 0 aliphatic carbocycles. The van der Waals surface area contributed by atoms with E-state index in [1.807, 2.05) is 29.2 Å². The summed E-state index contributed by atoms with van der Waals surface area (Å²) in [7, 11) is 1.65. The van der Waals surface area contributed by atoms with Crippen LogP contribution < -0.4 is 4.74 Å². The van der Waals surface area contributed by atoms with E-state index in [9.17, 15) is 4.79 Å². The predicted molar refractivity (Wildman–Crippen MR) is 89.2 cm³/mol. The van der Waals surface area contributed by atoms with Gasteiger partial charge in [0.1, 0.15) is 5.75 Å². The molecule has 1 aromatic carbocycles. The summed E-state index contributed by atoms with van der Waals surface area (Å²) in [5, 5.41) is 0. The number of ether oxygens (including phenoxy) is 1. The number of hydrogen-bond acceptors (Lipinski definition) is 3. The van der Waals surface area contributed by atoms with Crippen molar-refractivity contribution >= 4 is 5.91 Å². The fourth-order valence-electron chi connectivity index (χ4n) is 2.69. The maximum Gasteiger partial charge on any atom is 0.227 e. The zero-order valence-corrected chi connectivity index (χ0v) is 14.0. The van der Waals surface area contributed by atoms with Gasteiger partial charge in [-0.25, -0.2) is 0 Å². The molecule has 0 saturated carbocycles. The number of piperazine rings is 1. The van der Waals surface area contributed by atoms with Gasteiger partial charge in [-0.15, -0.1) is 0 Å². The van der Waals surface area contributed by atoms with Crippen LogP contribution in [0.25, 0.3) is 0 Å². The van der Waals surface area contributed by atoms with Crippen LogP contribution in [0.5, 0.6) is 5.75 Å². The van der Waals surface area contributed by atoms with Gasteiger partial charge < -0.3 is 9.64 Å². The van der Waals surface area contributed by atoms with E-state index in [2.05, 4.69) is 18.7 Å². The van der Waals surface area contributed by atoms with Gasteiger partial charge >= 0.3 is 0 Å². The van der Waals surface area contributed by atoms with Gasteiger partial charge in [0.2, 0.25) is 5.91 Å². The second kappa shape index (κ2) is 8.18. The number of amides is 1. The quantitative estimate of drug-likeness (QED) is 0.809. The van der Waals surface area contributed by atoms with Gasteiger partial charge in [-0.05, 0) is 36.6 Å². The number of hydrogen-bond donors (Lipinski definition) is 0. The van der Waals surface area contributed by atoms with E-state index in [4.69, 9.17) is 4.74 Å². The minimum Gasteiger partial charge on any atom is -0.497 e. The van der Waals surface area contributed by atoms with Gasteiger partial charge in [-0.2, -0.15) is 0 Å². The topological polar surface area (TPSA) is 32.8 Å². The first-order chi connectivity index (χ1) is 10.6. The van der Waals surface area contributed by atoms with E-state index in [0.717, 1.165) is 50.0 Å². The van der Waals surface area contributed by atoms with E-state index >= 15 is 0 Å². The third-order valence-corrected chi connectivity index (χ3v) is 4.26. The molecule has 0 radical (unpaired) electrons. The van der Waals surface area contributed by atoms with Crippen LogP contribution in [-0.4, -0.2) is 55.5 Å². The maximum atomic E-state index is 12.4. The molecule has 0 aromatic heterocycles. The first-order valence-electron chi connectivity index (χ1n) is 8.21. The van der Waals surface area contributed by atoms with Crippen molar-refractivity contribution < 1.29 is 9.53 Å². The van der Waals surface area contributed by atoms with Gasteiger partial charge in [0.15, 0.2) is 0 Å². The van der Waals surface area contributed by atoms with Crippen molar-refractivity contribution in [2.45, 2.75) is 26.7 Å². The number of carbonyl (C=O) groups excluding carboxylic acids is 1. The molecule has 0 N–H and O–H groups in total. The van der Waals surface area contributed by atoms with E-state index in [0.29, 0.717) is 6.42 Å². The summed E-state index contributed by atoms with van der Waals surface area (Å²) in [6.45, 7) is 9.38. The average molecular weight is 304 g/mol. The van der Waals surface area contributed by atoms with Crippen LogP contribution in [0.2, 0.25) is 0 Å². The number of benzene rings is 1. The molecule has 0 atom stereocenters. The van der Waals surface area contributed by atoms with Crippen molar-refractivity contribution in [1.29, 1.82) is 0 Å². The molecule has 1 saturated heterocycles. The Bertz CT molecular complexity index is 462. The Morgan fingerprint density at radius 1 is 1.14 bits per heavy atom. The first kappa shape index (κ1) is 16.8. The number of rotatable bonds is 6. The van der Waals surface area contributed by atoms with Crippen LogP contribution in [0.1, 0.15) is 25.8 Å². The van der Waals surface area contributed by atoms with Crippen LogP contribution in [0.4, 0.5) is 0 Å². The van der Waals surface area contributed by atoms with E-state index in [1.54, 1.807) is 7.11 Å². The Kier molecular flexibility index (Phi) is 6.25. The molecule has 0 spiro atoms. The number of nitrogens with zero attached hydrogens (tertiary/aromatic N) is 2. The summed E-state index contributed by atoms with van der Waals surface area (Å²) in [5.41, 5.74) is 1.05. The highest BCUT2D eigenvalue weighted by Gasteiger charge is 2.20. The molecule has 0 bridgehead atoms. The van der Waals surface area contributed by atoms with E-state index < -0.39 is 0 Å². The average Bonchev–Trinajstić information content (AvgIpc) is 2.54. The second-order valence-electron chi connectivity index (χ2n) is 6.43. The molecule has 0 unspecified atom stereocenters. The molecular weight excluding hydrogens is 276 g/mol. The molecule has 1 aliphatic rings. The molecule has 1 aromatic rings. The predicted octanol–water partition coefficient (Wildman–Crippen LogP) is 2.43. The Balaban J connectivity index is 1.77. The van der Waals surface area contributed by atoms with Crippen molar-refractivity contribution in [3.05, 3.63) is 29.8 Å². The summed E-state index contributed by atoms with van der Waals surface area (Å²) in [6.07, 6.45) is 1.72. The standard InChI is InChI=1S/C18H28N2O2/c1-15(2)8-9-19-10-12-20(13-11-19)18(21)14-16-4-6-17(22-3)7-5-16/h4-7,15H,8-14H2,1-3H3. The molecule has 4 nitrogen and oxygen atoms in total. The van der Waals surface area contributed by atoms with Crippen molar-refractivity contribution in [2.75, 3.05) is 39.8 Å². The van der Waals surface area contributed by atoms with Gasteiger partial charge in [-0.1, -0.05) is 26.0 Å². The van der Waals surface area contributed by atoms with Gasteiger partial charge in [0, 0.05) is 26.2 Å². The lowest BCUT2D eigenvalue weighted by molar-refractivity contribution is -0.132. The molecule has 2 rings (SSSR count). The first-order valence-corrected chi connectivity index (χ1v) is 8.21. The zero-order valence-electron chi connectivity index (χ0n) is 14.0. The fraction of sp³-hybridized carbons (Fsp3) is 0.611. The largest absolute Gasteiger partial charge is 0.497 e. The summed E-state index contributed by atoms with van der Waals surface area (Å²) in [6, 6.07) is 7.75. The third-order valence-electron chi connectivity index (χ3n) is 4.26. The monoisotopic (exact) mass is 304 g/mol. The lowest BCUT2D eigenvalue weighted by Gasteiger charge is -2.35. The van der Waals surface area contributed by atoms with Crippen LogP contribution in [0, 0.1) is 5.92 Å². The Labute approximate surface area is 134 Å². The van der Waals surface area contributed by atoms with E-state index in [-0.39, 0.29) is 5.91 Å². The Morgan fingerprint density at radius 3 is 2.32 bits per heavy atom. The van der Waals surface area contributed by atoms with Crippen molar-refractivity contribution in [3.63, 3.8) is 0 Å². The van der Waals surface area contributed by atoms with Gasteiger partial charge in [-0.3, -0.25) is 9.69 Å². The van der Waals surface area contributed by atoms with Crippen LogP contribution in [0.15, 0.2) is 24.3 Å². The molecule has 122 valence electrons. The minimum atomic E-state index is 0.230. The van der Waals surface area contributed by atoms with Crippen LogP contribution in [-0.2, 0) is 11.2 Å². The van der Waals surface area contributed by atoms with Crippen LogP contribution >= 0.6 is 0 Å². The molecule has 1 aliphatic heterocycles. The summed E-state index contributed by atoms with van der Waals surface area (Å²) < 4.78 is 5.14. The molecular formula is C18H28N2O2. The van der Waals surface area contributed by atoms with Crippen molar-refractivity contribution in [3.8, 4) is 5.75 Å². The highest BCUT2D eigenvalue weighted by Crippen LogP contribution is 2.13. The van der Waals surface area contributed by atoms with Gasteiger partial charge in [0.05, 0.1) is 13.5 Å². The lowest BCUT2D eigenvalue weighted by atomic mass is 10.1. The van der Waals surface area contributed by atoms with Crippen molar-refractivity contribution in [1.82, 2.24) is 9.80 Å². The SMILES string of the molecule is COc1ccc(CC(=O)N2CCN(CCC(C)C)CC2)cc1. The smallest absolute Gasteiger partial charge is 0.227 e. The fourth-order valence-corrected chi connectivity index (χ4v) is 2.69. The summed E-state index contributed by atoms with van der Waals surface area (Å²) in [5.74, 6) is 1.80. The highest BCUT2D eigenvalue weighted by molar-refractivity contribution is 5.78. The van der Waals surface area contributed by atoms with Crippen molar-refractivity contribution in [2.24, 2.45) is 5.92 Å². The number of methoxy groups -OCH3 is 1. The Morgan fingerprint density at radius 2 is 1.77 bits per heavy atom. The molecule has 1 fully saturated rings. The van der Waals surface area contributed by atoms with Gasteiger partial charge in [0.25, 0.3) is 0 Å². The lowest BCUT2D eigenvalue weighted by Crippen LogP contribution is -2.49. The third kappa shape index (κ3) is 5.02.